The predicted octanol–water partition coefficient (Wildman–Crippen LogP) is 3.22. The van der Waals surface area contributed by atoms with Crippen LogP contribution >= 0.6 is 0 Å². The number of halogens is 3. The molecule has 128 valence electrons. The minimum absolute atomic E-state index is 0.259. The van der Waals surface area contributed by atoms with Gasteiger partial charge in [0.15, 0.2) is 0 Å². The van der Waals surface area contributed by atoms with E-state index in [4.69, 9.17) is 4.74 Å². The quantitative estimate of drug-likeness (QED) is 0.793. The lowest BCUT2D eigenvalue weighted by Crippen LogP contribution is -2.26. The van der Waals surface area contributed by atoms with Gasteiger partial charge in [0.1, 0.15) is 5.82 Å². The number of nitrogens with one attached hydrogen (secondary N) is 2. The van der Waals surface area contributed by atoms with Crippen LogP contribution in [0.4, 0.5) is 24.7 Å². The molecular weight excluding hydrogens is 323 g/mol. The highest BCUT2D eigenvalue weighted by Gasteiger charge is 2.30. The standard InChI is InChI=1S/C16H16F3N3O2/c1-24-8-7-20-15(23)11-5-6-14(21-10-11)22-13-4-2-3-12(9-13)16(17,18)19/h2-6,9-10H,7-8H2,1H3,(H,20,23)(H,21,22). The number of benzene rings is 1. The monoisotopic (exact) mass is 339 g/mol. The maximum Gasteiger partial charge on any atom is 0.416 e. The summed E-state index contributed by atoms with van der Waals surface area (Å²) in [6.45, 7) is 0.772. The van der Waals surface area contributed by atoms with Gasteiger partial charge in [-0.1, -0.05) is 6.07 Å². The minimum Gasteiger partial charge on any atom is -0.383 e. The average Bonchev–Trinajstić information content (AvgIpc) is 2.55. The Labute approximate surface area is 136 Å². The van der Waals surface area contributed by atoms with Crippen LogP contribution in [0.15, 0.2) is 42.6 Å². The summed E-state index contributed by atoms with van der Waals surface area (Å²) in [5.74, 6) is 0.0351. The molecule has 0 aliphatic rings. The van der Waals surface area contributed by atoms with Crippen molar-refractivity contribution in [3.63, 3.8) is 0 Å². The number of carbonyl (C=O) groups excluding carboxylic acids is 1. The van der Waals surface area contributed by atoms with Gasteiger partial charge in [-0.25, -0.2) is 4.98 Å². The molecule has 2 N–H and O–H groups in total. The molecular formula is C16H16F3N3O2. The number of ether oxygens (including phenoxy) is 1. The summed E-state index contributed by atoms with van der Waals surface area (Å²) in [4.78, 5) is 15.8. The van der Waals surface area contributed by atoms with Crippen molar-refractivity contribution in [1.29, 1.82) is 0 Å². The molecule has 0 radical (unpaired) electrons. The Bertz CT molecular complexity index is 688. The van der Waals surface area contributed by atoms with Crippen molar-refractivity contribution in [2.45, 2.75) is 6.18 Å². The number of rotatable bonds is 6. The molecule has 2 aromatic rings. The first-order valence-corrected chi connectivity index (χ1v) is 7.07. The molecule has 0 unspecified atom stereocenters. The molecule has 1 aromatic heterocycles. The van der Waals surface area contributed by atoms with Gasteiger partial charge in [0.05, 0.1) is 17.7 Å². The highest BCUT2D eigenvalue weighted by atomic mass is 19.4. The number of anilines is 2. The fraction of sp³-hybridized carbons (Fsp3) is 0.250. The van der Waals surface area contributed by atoms with E-state index < -0.39 is 11.7 Å². The van der Waals surface area contributed by atoms with E-state index in [9.17, 15) is 18.0 Å². The number of carbonyl (C=O) groups is 1. The van der Waals surface area contributed by atoms with E-state index in [0.29, 0.717) is 24.5 Å². The largest absolute Gasteiger partial charge is 0.416 e. The van der Waals surface area contributed by atoms with Crippen LogP contribution in [0.5, 0.6) is 0 Å². The van der Waals surface area contributed by atoms with Gasteiger partial charge in [0.2, 0.25) is 0 Å². The van der Waals surface area contributed by atoms with Crippen LogP contribution in [-0.2, 0) is 10.9 Å². The maximum atomic E-state index is 12.7. The molecule has 0 fully saturated rings. The van der Waals surface area contributed by atoms with Gasteiger partial charge in [-0.15, -0.1) is 0 Å². The molecule has 0 spiro atoms. The minimum atomic E-state index is -4.41. The number of hydrogen-bond acceptors (Lipinski definition) is 4. The summed E-state index contributed by atoms with van der Waals surface area (Å²) >= 11 is 0. The van der Waals surface area contributed by atoms with Crippen molar-refractivity contribution in [3.05, 3.63) is 53.7 Å². The summed E-state index contributed by atoms with van der Waals surface area (Å²) in [7, 11) is 1.53. The first-order valence-electron chi connectivity index (χ1n) is 7.07. The lowest BCUT2D eigenvalue weighted by atomic mass is 10.2. The van der Waals surface area contributed by atoms with Crippen molar-refractivity contribution in [1.82, 2.24) is 10.3 Å². The van der Waals surface area contributed by atoms with Gasteiger partial charge in [0, 0.05) is 25.5 Å². The van der Waals surface area contributed by atoms with Crippen LogP contribution in [-0.4, -0.2) is 31.2 Å². The Hall–Kier alpha value is -2.61. The number of hydrogen-bond donors (Lipinski definition) is 2. The Morgan fingerprint density at radius 2 is 2.04 bits per heavy atom. The second-order valence-electron chi connectivity index (χ2n) is 4.88. The zero-order valence-electron chi connectivity index (χ0n) is 12.9. The molecule has 1 aromatic carbocycles. The first-order chi connectivity index (χ1) is 11.4. The van der Waals surface area contributed by atoms with E-state index in [1.807, 2.05) is 0 Å². The van der Waals surface area contributed by atoms with Crippen molar-refractivity contribution >= 4 is 17.4 Å². The zero-order chi connectivity index (χ0) is 17.6. The van der Waals surface area contributed by atoms with E-state index in [1.165, 1.54) is 37.6 Å². The van der Waals surface area contributed by atoms with Gasteiger partial charge < -0.3 is 15.4 Å². The van der Waals surface area contributed by atoms with E-state index in [2.05, 4.69) is 15.6 Å². The molecule has 0 saturated heterocycles. The fourth-order valence-corrected chi connectivity index (χ4v) is 1.89. The van der Waals surface area contributed by atoms with Crippen LogP contribution in [0.2, 0.25) is 0 Å². The molecule has 0 aliphatic carbocycles. The third-order valence-corrected chi connectivity index (χ3v) is 3.08. The van der Waals surface area contributed by atoms with Crippen molar-refractivity contribution in [3.8, 4) is 0 Å². The Morgan fingerprint density at radius 3 is 2.67 bits per heavy atom. The van der Waals surface area contributed by atoms with Crippen LogP contribution in [0.25, 0.3) is 0 Å². The normalized spacial score (nSPS) is 11.2. The lowest BCUT2D eigenvalue weighted by molar-refractivity contribution is -0.137. The Balaban J connectivity index is 2.03. The number of methoxy groups -OCH3 is 1. The molecule has 0 bridgehead atoms. The molecule has 2 rings (SSSR count). The summed E-state index contributed by atoms with van der Waals surface area (Å²) in [5, 5.41) is 5.42. The SMILES string of the molecule is COCCNC(=O)c1ccc(Nc2cccc(C(F)(F)F)c2)nc1. The van der Waals surface area contributed by atoms with E-state index in [0.717, 1.165) is 12.1 Å². The van der Waals surface area contributed by atoms with Crippen LogP contribution in [0.1, 0.15) is 15.9 Å². The molecule has 1 heterocycles. The van der Waals surface area contributed by atoms with Crippen molar-refractivity contribution < 1.29 is 22.7 Å². The molecule has 5 nitrogen and oxygen atoms in total. The Morgan fingerprint density at radius 1 is 1.25 bits per heavy atom. The highest BCUT2D eigenvalue weighted by molar-refractivity contribution is 5.94. The Kier molecular flexibility index (Phi) is 5.75. The third kappa shape index (κ3) is 4.95. The molecule has 0 atom stereocenters. The van der Waals surface area contributed by atoms with Gasteiger partial charge in [-0.05, 0) is 30.3 Å². The van der Waals surface area contributed by atoms with Crippen LogP contribution < -0.4 is 10.6 Å². The second kappa shape index (κ2) is 7.78. The van der Waals surface area contributed by atoms with Crippen molar-refractivity contribution in [2.24, 2.45) is 0 Å². The zero-order valence-corrected chi connectivity index (χ0v) is 12.9. The molecule has 1 amide bonds. The van der Waals surface area contributed by atoms with E-state index >= 15 is 0 Å². The summed E-state index contributed by atoms with van der Waals surface area (Å²) in [6, 6.07) is 7.85. The van der Waals surface area contributed by atoms with Gasteiger partial charge in [0.25, 0.3) is 5.91 Å². The lowest BCUT2D eigenvalue weighted by Gasteiger charge is -2.10. The molecule has 0 saturated carbocycles. The maximum absolute atomic E-state index is 12.7. The molecule has 24 heavy (non-hydrogen) atoms. The molecule has 8 heteroatoms. The smallest absolute Gasteiger partial charge is 0.383 e. The predicted molar refractivity (Wildman–Crippen MR) is 83.2 cm³/mol. The third-order valence-electron chi connectivity index (χ3n) is 3.08. The number of nitrogens with zero attached hydrogens (tertiary/aromatic N) is 1. The summed E-state index contributed by atoms with van der Waals surface area (Å²) < 4.78 is 42.9. The van der Waals surface area contributed by atoms with Crippen LogP contribution in [0, 0.1) is 0 Å². The number of pyridine rings is 1. The number of alkyl halides is 3. The van der Waals surface area contributed by atoms with Gasteiger partial charge in [-0.2, -0.15) is 13.2 Å². The van der Waals surface area contributed by atoms with E-state index in [-0.39, 0.29) is 11.6 Å². The van der Waals surface area contributed by atoms with Crippen LogP contribution in [0.3, 0.4) is 0 Å². The highest BCUT2D eigenvalue weighted by Crippen LogP contribution is 2.31. The first kappa shape index (κ1) is 17.7. The van der Waals surface area contributed by atoms with E-state index in [1.54, 1.807) is 0 Å². The summed E-state index contributed by atoms with van der Waals surface area (Å²) in [5.41, 5.74) is -0.142. The van der Waals surface area contributed by atoms with Gasteiger partial charge in [-0.3, -0.25) is 4.79 Å². The molecule has 0 aliphatic heterocycles. The second-order valence-corrected chi connectivity index (χ2v) is 4.88. The average molecular weight is 339 g/mol. The fourth-order valence-electron chi connectivity index (χ4n) is 1.89. The van der Waals surface area contributed by atoms with Crippen molar-refractivity contribution in [2.75, 3.05) is 25.6 Å². The van der Waals surface area contributed by atoms with Gasteiger partial charge >= 0.3 is 6.18 Å². The number of aromatic nitrogens is 1. The summed E-state index contributed by atoms with van der Waals surface area (Å²) in [6.07, 6.45) is -3.06. The number of amides is 1. The topological polar surface area (TPSA) is 63.2 Å².